The molecule has 2 saturated heterocycles. The summed E-state index contributed by atoms with van der Waals surface area (Å²) in [5.41, 5.74) is 0.523. The first kappa shape index (κ1) is 14.4. The average Bonchev–Trinajstić information content (AvgIpc) is 3.25. The summed E-state index contributed by atoms with van der Waals surface area (Å²) in [6.07, 6.45) is 1.48. The van der Waals surface area contributed by atoms with Crippen molar-refractivity contribution in [2.24, 2.45) is 11.8 Å². The number of aromatic nitrogens is 3. The van der Waals surface area contributed by atoms with E-state index in [4.69, 9.17) is 13.8 Å². The Labute approximate surface area is 132 Å². The highest BCUT2D eigenvalue weighted by atomic mass is 16.5. The van der Waals surface area contributed by atoms with Gasteiger partial charge in [0.1, 0.15) is 11.3 Å². The van der Waals surface area contributed by atoms with E-state index in [2.05, 4.69) is 15.3 Å². The van der Waals surface area contributed by atoms with Gasteiger partial charge in [-0.3, -0.25) is 4.79 Å². The summed E-state index contributed by atoms with van der Waals surface area (Å²) in [6.45, 7) is 6.07. The van der Waals surface area contributed by atoms with E-state index in [9.17, 15) is 4.79 Å². The number of rotatable bonds is 2. The van der Waals surface area contributed by atoms with Crippen molar-refractivity contribution < 1.29 is 18.6 Å². The lowest BCUT2D eigenvalue weighted by Crippen LogP contribution is -2.33. The standard InChI is InChI=1S/C15H18N4O4/c1-8-11(3-16-22-8)15(20)19-4-10-6-21-7-13(12(10)5-19)14-17-9(2)18-23-14/h3,10,12-13H,4-7H2,1-2H3/t10-,12-,13+/m1/s1. The fourth-order valence-corrected chi connectivity index (χ4v) is 3.56. The highest BCUT2D eigenvalue weighted by molar-refractivity contribution is 5.95. The molecule has 4 heterocycles. The second-order valence-electron chi connectivity index (χ2n) is 6.25. The number of hydrogen-bond acceptors (Lipinski definition) is 7. The second-order valence-corrected chi connectivity index (χ2v) is 6.25. The summed E-state index contributed by atoms with van der Waals surface area (Å²) in [5.74, 6) is 2.32. The lowest BCUT2D eigenvalue weighted by atomic mass is 9.83. The van der Waals surface area contributed by atoms with Gasteiger partial charge in [0.25, 0.3) is 5.91 Å². The third-order valence-corrected chi connectivity index (χ3v) is 4.77. The minimum atomic E-state index is -0.0430. The van der Waals surface area contributed by atoms with Crippen LogP contribution in [0.1, 0.15) is 33.8 Å². The molecule has 2 aliphatic heterocycles. The molecule has 23 heavy (non-hydrogen) atoms. The van der Waals surface area contributed by atoms with Crippen LogP contribution in [0, 0.1) is 25.7 Å². The molecule has 0 saturated carbocycles. The van der Waals surface area contributed by atoms with Crippen LogP contribution >= 0.6 is 0 Å². The van der Waals surface area contributed by atoms with Crippen LogP contribution in [0.25, 0.3) is 0 Å². The molecule has 0 radical (unpaired) electrons. The normalized spacial score (nSPS) is 27.2. The molecule has 0 unspecified atom stereocenters. The predicted octanol–water partition coefficient (Wildman–Crippen LogP) is 1.18. The number of carbonyl (C=O) groups excluding carboxylic acids is 1. The lowest BCUT2D eigenvalue weighted by Gasteiger charge is -2.30. The Morgan fingerprint density at radius 1 is 1.26 bits per heavy atom. The molecule has 0 aliphatic carbocycles. The molecule has 8 nitrogen and oxygen atoms in total. The monoisotopic (exact) mass is 318 g/mol. The molecule has 2 aromatic rings. The van der Waals surface area contributed by atoms with E-state index in [1.165, 1.54) is 6.20 Å². The Hall–Kier alpha value is -2.22. The van der Waals surface area contributed by atoms with E-state index in [1.54, 1.807) is 13.8 Å². The molecule has 122 valence electrons. The van der Waals surface area contributed by atoms with Crippen LogP contribution in [0.4, 0.5) is 0 Å². The first-order valence-corrected chi connectivity index (χ1v) is 7.72. The van der Waals surface area contributed by atoms with Gasteiger partial charge < -0.3 is 18.7 Å². The molecule has 2 aromatic heterocycles. The van der Waals surface area contributed by atoms with Crippen LogP contribution in [0.15, 0.2) is 15.2 Å². The van der Waals surface area contributed by atoms with Gasteiger partial charge in [-0.15, -0.1) is 0 Å². The molecular weight excluding hydrogens is 300 g/mol. The maximum atomic E-state index is 12.7. The largest absolute Gasteiger partial charge is 0.380 e. The summed E-state index contributed by atoms with van der Waals surface area (Å²) in [4.78, 5) is 18.8. The summed E-state index contributed by atoms with van der Waals surface area (Å²) >= 11 is 0. The van der Waals surface area contributed by atoms with Crippen LogP contribution < -0.4 is 0 Å². The molecule has 3 atom stereocenters. The number of fused-ring (bicyclic) bond motifs is 1. The molecule has 8 heteroatoms. The third-order valence-electron chi connectivity index (χ3n) is 4.77. The molecule has 0 N–H and O–H groups in total. The van der Waals surface area contributed by atoms with Crippen LogP contribution in [-0.2, 0) is 4.74 Å². The van der Waals surface area contributed by atoms with Crippen molar-refractivity contribution in [1.29, 1.82) is 0 Å². The second kappa shape index (κ2) is 5.45. The van der Waals surface area contributed by atoms with Gasteiger partial charge in [-0.05, 0) is 19.8 Å². The van der Waals surface area contributed by atoms with E-state index in [0.717, 1.165) is 0 Å². The minimum Gasteiger partial charge on any atom is -0.380 e. The zero-order chi connectivity index (χ0) is 16.0. The third kappa shape index (κ3) is 2.42. The van der Waals surface area contributed by atoms with Crippen LogP contribution in [0.5, 0.6) is 0 Å². The van der Waals surface area contributed by atoms with Crippen molar-refractivity contribution >= 4 is 5.91 Å². The van der Waals surface area contributed by atoms with Crippen molar-refractivity contribution in [2.75, 3.05) is 26.3 Å². The zero-order valence-corrected chi connectivity index (χ0v) is 13.1. The van der Waals surface area contributed by atoms with Gasteiger partial charge in [0.15, 0.2) is 5.82 Å². The van der Waals surface area contributed by atoms with Crippen LogP contribution in [-0.4, -0.2) is 52.4 Å². The number of aryl methyl sites for hydroxylation is 2. The minimum absolute atomic E-state index is 0.0383. The van der Waals surface area contributed by atoms with Gasteiger partial charge in [0.2, 0.25) is 5.89 Å². The number of carbonyl (C=O) groups is 1. The number of ether oxygens (including phenoxy) is 1. The molecule has 0 spiro atoms. The predicted molar refractivity (Wildman–Crippen MR) is 76.7 cm³/mol. The Morgan fingerprint density at radius 3 is 2.83 bits per heavy atom. The average molecular weight is 318 g/mol. The maximum absolute atomic E-state index is 12.7. The SMILES string of the molecule is Cc1noc([C@H]2COC[C@H]3CN(C(=O)c4cnoc4C)C[C@H]32)n1. The molecule has 0 aromatic carbocycles. The Balaban J connectivity index is 1.55. The van der Waals surface area contributed by atoms with Crippen molar-refractivity contribution in [1.82, 2.24) is 20.2 Å². The maximum Gasteiger partial charge on any atom is 0.259 e. The van der Waals surface area contributed by atoms with Gasteiger partial charge in [0.05, 0.1) is 25.3 Å². The van der Waals surface area contributed by atoms with E-state index in [0.29, 0.717) is 49.3 Å². The molecule has 0 bridgehead atoms. The number of hydrogen-bond donors (Lipinski definition) is 0. The Kier molecular flexibility index (Phi) is 3.41. The van der Waals surface area contributed by atoms with Crippen molar-refractivity contribution in [2.45, 2.75) is 19.8 Å². The van der Waals surface area contributed by atoms with Crippen molar-refractivity contribution in [3.8, 4) is 0 Å². The number of amides is 1. The van der Waals surface area contributed by atoms with E-state index in [-0.39, 0.29) is 23.7 Å². The van der Waals surface area contributed by atoms with Crippen LogP contribution in [0.2, 0.25) is 0 Å². The topological polar surface area (TPSA) is 94.5 Å². The highest BCUT2D eigenvalue weighted by Gasteiger charge is 2.45. The molecule has 2 aliphatic rings. The van der Waals surface area contributed by atoms with Crippen LogP contribution in [0.3, 0.4) is 0 Å². The van der Waals surface area contributed by atoms with E-state index in [1.807, 2.05) is 4.90 Å². The fourth-order valence-electron chi connectivity index (χ4n) is 3.56. The Bertz CT molecular complexity index is 725. The molecule has 2 fully saturated rings. The van der Waals surface area contributed by atoms with Gasteiger partial charge in [-0.25, -0.2) is 0 Å². The smallest absolute Gasteiger partial charge is 0.259 e. The number of nitrogens with zero attached hydrogens (tertiary/aromatic N) is 4. The zero-order valence-electron chi connectivity index (χ0n) is 13.1. The quantitative estimate of drug-likeness (QED) is 0.820. The van der Waals surface area contributed by atoms with Gasteiger partial charge in [0, 0.05) is 19.0 Å². The molecule has 4 rings (SSSR count). The lowest BCUT2D eigenvalue weighted by molar-refractivity contribution is 0.00992. The van der Waals surface area contributed by atoms with E-state index < -0.39 is 0 Å². The number of likely N-dealkylation sites (tertiary alicyclic amines) is 1. The Morgan fingerprint density at radius 2 is 2.13 bits per heavy atom. The summed E-state index contributed by atoms with van der Waals surface area (Å²) < 4.78 is 16.0. The first-order valence-electron chi connectivity index (χ1n) is 7.72. The van der Waals surface area contributed by atoms with Gasteiger partial charge in [-0.2, -0.15) is 4.98 Å². The first-order chi connectivity index (χ1) is 11.1. The summed E-state index contributed by atoms with van der Waals surface area (Å²) in [5, 5.41) is 7.56. The van der Waals surface area contributed by atoms with E-state index >= 15 is 0 Å². The van der Waals surface area contributed by atoms with Crippen molar-refractivity contribution in [3.05, 3.63) is 29.2 Å². The molecule has 1 amide bonds. The van der Waals surface area contributed by atoms with Crippen molar-refractivity contribution in [3.63, 3.8) is 0 Å². The molecular formula is C15H18N4O4. The van der Waals surface area contributed by atoms with Gasteiger partial charge in [-0.1, -0.05) is 10.3 Å². The highest BCUT2D eigenvalue weighted by Crippen LogP contribution is 2.39. The summed E-state index contributed by atoms with van der Waals surface area (Å²) in [6, 6.07) is 0. The van der Waals surface area contributed by atoms with Gasteiger partial charge >= 0.3 is 0 Å². The summed E-state index contributed by atoms with van der Waals surface area (Å²) in [7, 11) is 0. The fraction of sp³-hybridized carbons (Fsp3) is 0.600.